The van der Waals surface area contributed by atoms with E-state index in [9.17, 15) is 14.7 Å². The first-order valence-electron chi connectivity index (χ1n) is 11.7. The van der Waals surface area contributed by atoms with Gasteiger partial charge < -0.3 is 34.4 Å². The highest BCUT2D eigenvalue weighted by molar-refractivity contribution is 5.69. The Morgan fingerprint density at radius 3 is 1.58 bits per heavy atom. The molecule has 1 rings (SSSR count). The topological polar surface area (TPSA) is 104 Å². The average Bonchev–Trinajstić information content (AvgIpc) is 2.57. The molecule has 0 saturated carbocycles. The fourth-order valence-electron chi connectivity index (χ4n) is 3.02. The molecule has 0 aromatic rings. The lowest BCUT2D eigenvalue weighted by molar-refractivity contribution is -0.238. The van der Waals surface area contributed by atoms with Crippen LogP contribution in [0.25, 0.3) is 0 Å². The summed E-state index contributed by atoms with van der Waals surface area (Å²) >= 11 is 0. The minimum Gasteiger partial charge on any atom is -0.444 e. The number of hydrogen-bond donors (Lipinski definition) is 2. The normalized spacial score (nSPS) is 19.3. The molecule has 2 N–H and O–H groups in total. The second-order valence-electron chi connectivity index (χ2n) is 11.3. The Labute approximate surface area is 199 Å². The molecule has 33 heavy (non-hydrogen) atoms. The van der Waals surface area contributed by atoms with E-state index in [1.54, 1.807) is 14.7 Å². The van der Waals surface area contributed by atoms with Gasteiger partial charge >= 0.3 is 12.2 Å². The third-order valence-electron chi connectivity index (χ3n) is 4.51. The van der Waals surface area contributed by atoms with Gasteiger partial charge in [-0.05, 0) is 62.3 Å². The lowest BCUT2D eigenvalue weighted by Gasteiger charge is -2.36. The summed E-state index contributed by atoms with van der Waals surface area (Å²) in [6.07, 6.45) is -1.98. The van der Waals surface area contributed by atoms with Crippen LogP contribution in [0.1, 0.15) is 62.3 Å². The number of carbonyl (C=O) groups is 2. The summed E-state index contributed by atoms with van der Waals surface area (Å²) in [6, 6.07) is 0. The summed E-state index contributed by atoms with van der Waals surface area (Å²) in [6.45, 7) is 19.9. The molecule has 0 radical (unpaired) electrons. The first kappa shape index (κ1) is 29.4. The largest absolute Gasteiger partial charge is 0.444 e. The van der Waals surface area contributed by atoms with Crippen LogP contribution < -0.4 is 5.32 Å². The van der Waals surface area contributed by atoms with Crippen LogP contribution in [-0.2, 0) is 14.2 Å². The van der Waals surface area contributed by atoms with Gasteiger partial charge in [-0.1, -0.05) is 0 Å². The highest BCUT2D eigenvalue weighted by atomic mass is 16.6. The number of carbonyl (C=O) groups excluding carboxylic acids is 2. The molecule has 1 unspecified atom stereocenters. The standard InChI is InChI=1S/C23H46N4O6/c1-21(2,3)31-18(28)25-12-10-24-11-13-26(19(29)32-22(4,5)6)15-17-27(16-14-25)20(30)33-23(7,8)9/h18,24,28H,10-17H2,1-9H3. The van der Waals surface area contributed by atoms with E-state index in [1.165, 1.54) is 0 Å². The van der Waals surface area contributed by atoms with Crippen molar-refractivity contribution in [3.05, 3.63) is 0 Å². The van der Waals surface area contributed by atoms with E-state index in [-0.39, 0.29) is 6.54 Å². The highest BCUT2D eigenvalue weighted by Crippen LogP contribution is 2.15. The lowest BCUT2D eigenvalue weighted by atomic mass is 10.2. The van der Waals surface area contributed by atoms with Crippen molar-refractivity contribution >= 4 is 12.2 Å². The summed E-state index contributed by atoms with van der Waals surface area (Å²) in [7, 11) is 0. The molecule has 10 nitrogen and oxygen atoms in total. The van der Waals surface area contributed by atoms with E-state index in [1.807, 2.05) is 62.3 Å². The van der Waals surface area contributed by atoms with Crippen molar-refractivity contribution < 1.29 is 28.9 Å². The number of rotatable bonds is 2. The predicted octanol–water partition coefficient (Wildman–Crippen LogP) is 2.46. The molecule has 1 aliphatic heterocycles. The van der Waals surface area contributed by atoms with Gasteiger partial charge in [0.2, 0.25) is 6.41 Å². The van der Waals surface area contributed by atoms with Crippen LogP contribution in [0.3, 0.4) is 0 Å². The smallest absolute Gasteiger partial charge is 0.410 e. The number of aliphatic hydroxyl groups excluding tert-OH is 1. The van der Waals surface area contributed by atoms with Crippen LogP contribution in [-0.4, -0.2) is 108 Å². The Morgan fingerprint density at radius 2 is 1.12 bits per heavy atom. The summed E-state index contributed by atoms with van der Waals surface area (Å²) in [5, 5.41) is 13.9. The Balaban J connectivity index is 3.00. The minimum absolute atomic E-state index is 0.276. The molecule has 1 fully saturated rings. The van der Waals surface area contributed by atoms with E-state index in [4.69, 9.17) is 14.2 Å². The molecule has 0 aromatic heterocycles. The zero-order valence-corrected chi connectivity index (χ0v) is 22.1. The minimum atomic E-state index is -1.10. The molecule has 1 atom stereocenters. The average molecular weight is 475 g/mol. The molecule has 1 heterocycles. The summed E-state index contributed by atoms with van der Waals surface area (Å²) in [5.41, 5.74) is -1.78. The Kier molecular flexibility index (Phi) is 10.9. The van der Waals surface area contributed by atoms with Gasteiger partial charge in [-0.15, -0.1) is 0 Å². The maximum Gasteiger partial charge on any atom is 0.410 e. The van der Waals surface area contributed by atoms with Crippen LogP contribution in [0.5, 0.6) is 0 Å². The van der Waals surface area contributed by atoms with Crippen molar-refractivity contribution in [3.63, 3.8) is 0 Å². The molecule has 0 bridgehead atoms. The number of nitrogens with zero attached hydrogens (tertiary/aromatic N) is 3. The van der Waals surface area contributed by atoms with Crippen molar-refractivity contribution in [1.82, 2.24) is 20.0 Å². The number of hydrogen-bond acceptors (Lipinski definition) is 8. The third-order valence-corrected chi connectivity index (χ3v) is 4.51. The summed E-state index contributed by atoms with van der Waals surface area (Å²) < 4.78 is 16.8. The van der Waals surface area contributed by atoms with Crippen molar-refractivity contribution in [2.45, 2.75) is 85.5 Å². The van der Waals surface area contributed by atoms with Gasteiger partial charge in [-0.2, -0.15) is 0 Å². The third kappa shape index (κ3) is 13.0. The van der Waals surface area contributed by atoms with E-state index in [0.29, 0.717) is 45.8 Å². The van der Waals surface area contributed by atoms with E-state index in [2.05, 4.69) is 5.32 Å². The molecular formula is C23H46N4O6. The fraction of sp³-hybridized carbons (Fsp3) is 0.913. The molecule has 0 aromatic carbocycles. The first-order chi connectivity index (χ1) is 15.0. The van der Waals surface area contributed by atoms with Crippen LogP contribution in [0.4, 0.5) is 9.59 Å². The lowest BCUT2D eigenvalue weighted by Crippen LogP contribution is -2.52. The number of nitrogens with one attached hydrogen (secondary N) is 1. The highest BCUT2D eigenvalue weighted by Gasteiger charge is 2.28. The zero-order valence-electron chi connectivity index (χ0n) is 22.1. The van der Waals surface area contributed by atoms with Gasteiger partial charge in [0.05, 0.1) is 5.60 Å². The number of amides is 2. The molecule has 10 heteroatoms. The van der Waals surface area contributed by atoms with Gasteiger partial charge in [0.1, 0.15) is 11.2 Å². The Bertz CT molecular complexity index is 624. The SMILES string of the molecule is CC(C)(C)OC(=O)N1CCNCCN(C(O)OC(C)(C)C)CCN(C(=O)OC(C)(C)C)CC1. The Morgan fingerprint density at radius 1 is 0.697 bits per heavy atom. The van der Waals surface area contributed by atoms with Gasteiger partial charge in [-0.25, -0.2) is 9.59 Å². The molecular weight excluding hydrogens is 428 g/mol. The van der Waals surface area contributed by atoms with Crippen molar-refractivity contribution in [1.29, 1.82) is 0 Å². The second kappa shape index (κ2) is 12.2. The summed E-state index contributed by atoms with van der Waals surface area (Å²) in [5.74, 6) is 0. The van der Waals surface area contributed by atoms with Gasteiger partial charge in [0, 0.05) is 52.4 Å². The fourth-order valence-corrected chi connectivity index (χ4v) is 3.02. The van der Waals surface area contributed by atoms with Crippen molar-refractivity contribution in [2.75, 3.05) is 52.4 Å². The maximum absolute atomic E-state index is 12.9. The van der Waals surface area contributed by atoms with Crippen molar-refractivity contribution in [2.24, 2.45) is 0 Å². The first-order valence-corrected chi connectivity index (χ1v) is 11.7. The van der Waals surface area contributed by atoms with Gasteiger partial charge in [-0.3, -0.25) is 4.90 Å². The van der Waals surface area contributed by atoms with E-state index < -0.39 is 35.4 Å². The molecule has 2 amide bonds. The second-order valence-corrected chi connectivity index (χ2v) is 11.3. The molecule has 1 saturated heterocycles. The molecule has 0 aliphatic carbocycles. The van der Waals surface area contributed by atoms with Crippen LogP contribution in [0.15, 0.2) is 0 Å². The monoisotopic (exact) mass is 474 g/mol. The number of aliphatic hydroxyl groups is 1. The molecule has 0 spiro atoms. The van der Waals surface area contributed by atoms with Crippen LogP contribution in [0.2, 0.25) is 0 Å². The van der Waals surface area contributed by atoms with Gasteiger partial charge in [0.25, 0.3) is 0 Å². The summed E-state index contributed by atoms with van der Waals surface area (Å²) in [4.78, 5) is 30.5. The number of ether oxygens (including phenoxy) is 3. The van der Waals surface area contributed by atoms with Crippen molar-refractivity contribution in [3.8, 4) is 0 Å². The molecule has 194 valence electrons. The molecule has 1 aliphatic rings. The van der Waals surface area contributed by atoms with E-state index >= 15 is 0 Å². The maximum atomic E-state index is 12.9. The van der Waals surface area contributed by atoms with Gasteiger partial charge in [0.15, 0.2) is 0 Å². The zero-order chi connectivity index (χ0) is 25.4. The van der Waals surface area contributed by atoms with E-state index in [0.717, 1.165) is 0 Å². The Hall–Kier alpha value is -1.62. The van der Waals surface area contributed by atoms with Crippen LogP contribution >= 0.6 is 0 Å². The quantitative estimate of drug-likeness (QED) is 0.588. The predicted molar refractivity (Wildman–Crippen MR) is 127 cm³/mol. The van der Waals surface area contributed by atoms with Crippen LogP contribution in [0, 0.1) is 0 Å².